The number of nitrogens with one attached hydrogen (secondary N) is 1. The lowest BCUT2D eigenvalue weighted by atomic mass is 10.2. The van der Waals surface area contributed by atoms with Gasteiger partial charge in [0.15, 0.2) is 10.9 Å². The third kappa shape index (κ3) is 5.86. The van der Waals surface area contributed by atoms with Gasteiger partial charge in [-0.25, -0.2) is 0 Å². The number of hydrazone groups is 1. The fourth-order valence-corrected chi connectivity index (χ4v) is 4.00. The van der Waals surface area contributed by atoms with E-state index in [1.807, 2.05) is 31.3 Å². The highest BCUT2D eigenvalue weighted by atomic mass is 32.1. The molecule has 2 aliphatic rings. The predicted molar refractivity (Wildman–Crippen MR) is 132 cm³/mol. The van der Waals surface area contributed by atoms with Crippen molar-refractivity contribution in [1.82, 2.24) is 14.8 Å². The fourth-order valence-electron chi connectivity index (χ4n) is 3.72. The topological polar surface area (TPSA) is 65.5 Å². The van der Waals surface area contributed by atoms with Gasteiger partial charge in [-0.2, -0.15) is 10.1 Å². The van der Waals surface area contributed by atoms with Crippen LogP contribution in [-0.4, -0.2) is 85.7 Å². The summed E-state index contributed by atoms with van der Waals surface area (Å²) in [5, 5.41) is 5.25. The number of hydrogen-bond donors (Lipinski definition) is 1. The molecule has 2 aliphatic heterocycles. The molecule has 1 N–H and O–H groups in total. The van der Waals surface area contributed by atoms with E-state index < -0.39 is 0 Å². The van der Waals surface area contributed by atoms with Crippen molar-refractivity contribution in [3.05, 3.63) is 47.5 Å². The summed E-state index contributed by atoms with van der Waals surface area (Å²) < 4.78 is 11.5. The molecule has 0 unspecified atom stereocenters. The Morgan fingerprint density at radius 1 is 1.19 bits per heavy atom. The van der Waals surface area contributed by atoms with Gasteiger partial charge >= 0.3 is 0 Å². The zero-order chi connectivity index (χ0) is 22.3. The van der Waals surface area contributed by atoms with Gasteiger partial charge in [0.1, 0.15) is 6.61 Å². The van der Waals surface area contributed by atoms with E-state index in [4.69, 9.17) is 21.7 Å². The van der Waals surface area contributed by atoms with Crippen LogP contribution in [0.15, 0.2) is 41.5 Å². The van der Waals surface area contributed by atoms with Crippen LogP contribution in [0, 0.1) is 6.92 Å². The molecule has 2 saturated heterocycles. The number of ether oxygens (including phenoxy) is 2. The third-order valence-electron chi connectivity index (χ3n) is 5.51. The molecule has 0 spiro atoms. The molecule has 9 heteroatoms. The summed E-state index contributed by atoms with van der Waals surface area (Å²) in [4.78, 5) is 11.1. The summed E-state index contributed by atoms with van der Waals surface area (Å²) in [5.41, 5.74) is 6.33. The standard InChI is InChI=1S/C23H30N6O2S/c1-18-4-3-5-19(14-18)17-24-26-21-15-20(28-8-11-30-12-9-28)16-22(25-21)31-13-10-29-7-6-27(2)23(29)32/h3-5,14-17H,6-13H2,1-2H3,(H,25,26). The van der Waals surface area contributed by atoms with E-state index in [1.54, 1.807) is 6.21 Å². The number of morpholine rings is 1. The van der Waals surface area contributed by atoms with Gasteiger partial charge in [0.25, 0.3) is 0 Å². The van der Waals surface area contributed by atoms with Crippen molar-refractivity contribution in [3.8, 4) is 5.88 Å². The summed E-state index contributed by atoms with van der Waals surface area (Å²) >= 11 is 5.45. The van der Waals surface area contributed by atoms with Crippen LogP contribution in [0.4, 0.5) is 11.5 Å². The molecular weight excluding hydrogens is 424 g/mol. The Bertz CT molecular complexity index is 963. The van der Waals surface area contributed by atoms with Crippen molar-refractivity contribution in [3.63, 3.8) is 0 Å². The van der Waals surface area contributed by atoms with Crippen molar-refractivity contribution in [2.75, 3.05) is 69.9 Å². The number of anilines is 2. The van der Waals surface area contributed by atoms with Gasteiger partial charge in [-0.3, -0.25) is 5.43 Å². The summed E-state index contributed by atoms with van der Waals surface area (Å²) in [7, 11) is 2.02. The van der Waals surface area contributed by atoms with Crippen molar-refractivity contribution in [2.24, 2.45) is 5.10 Å². The van der Waals surface area contributed by atoms with E-state index in [-0.39, 0.29) is 0 Å². The summed E-state index contributed by atoms with van der Waals surface area (Å²) in [6.45, 7) is 8.30. The molecule has 8 nitrogen and oxygen atoms in total. The first-order valence-electron chi connectivity index (χ1n) is 10.9. The molecule has 0 aliphatic carbocycles. The Labute approximate surface area is 194 Å². The van der Waals surface area contributed by atoms with Crippen LogP contribution in [-0.2, 0) is 4.74 Å². The Balaban J connectivity index is 1.44. The summed E-state index contributed by atoms with van der Waals surface area (Å²) in [5.74, 6) is 1.21. The maximum absolute atomic E-state index is 6.02. The van der Waals surface area contributed by atoms with E-state index in [9.17, 15) is 0 Å². The number of aryl methyl sites for hydroxylation is 1. The van der Waals surface area contributed by atoms with Crippen molar-refractivity contribution < 1.29 is 9.47 Å². The van der Waals surface area contributed by atoms with Crippen LogP contribution < -0.4 is 15.1 Å². The average molecular weight is 455 g/mol. The minimum atomic E-state index is 0.513. The van der Waals surface area contributed by atoms with Crippen molar-refractivity contribution in [1.29, 1.82) is 0 Å². The molecule has 170 valence electrons. The molecule has 3 heterocycles. The number of likely N-dealkylation sites (N-methyl/N-ethyl adjacent to an activating group) is 1. The first-order chi connectivity index (χ1) is 15.6. The number of thiocarbonyl (C=S) groups is 1. The lowest BCUT2D eigenvalue weighted by molar-refractivity contribution is 0.122. The molecule has 0 radical (unpaired) electrons. The van der Waals surface area contributed by atoms with Crippen molar-refractivity contribution in [2.45, 2.75) is 6.92 Å². The molecule has 0 bridgehead atoms. The fraction of sp³-hybridized carbons (Fsp3) is 0.435. The zero-order valence-corrected chi connectivity index (χ0v) is 19.5. The Kier molecular flexibility index (Phi) is 7.39. The van der Waals surface area contributed by atoms with E-state index in [0.29, 0.717) is 31.5 Å². The van der Waals surface area contributed by atoms with E-state index in [2.05, 4.69) is 49.3 Å². The number of nitrogens with zero attached hydrogens (tertiary/aromatic N) is 5. The smallest absolute Gasteiger partial charge is 0.217 e. The normalized spacial score (nSPS) is 16.8. The highest BCUT2D eigenvalue weighted by Crippen LogP contribution is 2.25. The monoisotopic (exact) mass is 454 g/mol. The lowest BCUT2D eigenvalue weighted by Crippen LogP contribution is -2.36. The second-order valence-electron chi connectivity index (χ2n) is 7.97. The summed E-state index contributed by atoms with van der Waals surface area (Å²) in [6, 6.07) is 12.2. The second kappa shape index (κ2) is 10.6. The van der Waals surface area contributed by atoms with Gasteiger partial charge in [-0.15, -0.1) is 0 Å². The molecule has 32 heavy (non-hydrogen) atoms. The van der Waals surface area contributed by atoms with E-state index in [0.717, 1.165) is 49.1 Å². The minimum absolute atomic E-state index is 0.513. The first-order valence-corrected chi connectivity index (χ1v) is 11.3. The van der Waals surface area contributed by atoms with Gasteiger partial charge in [0.05, 0.1) is 26.0 Å². The first kappa shape index (κ1) is 22.3. The Morgan fingerprint density at radius 2 is 2.03 bits per heavy atom. The highest BCUT2D eigenvalue weighted by Gasteiger charge is 2.21. The molecular formula is C23H30N6O2S. The molecule has 0 saturated carbocycles. The van der Waals surface area contributed by atoms with Crippen LogP contribution in [0.25, 0.3) is 0 Å². The molecule has 0 atom stereocenters. The highest BCUT2D eigenvalue weighted by molar-refractivity contribution is 7.80. The van der Waals surface area contributed by atoms with Gasteiger partial charge in [-0.05, 0) is 24.7 Å². The number of aromatic nitrogens is 1. The molecule has 1 aromatic carbocycles. The van der Waals surface area contributed by atoms with Gasteiger partial charge in [-0.1, -0.05) is 29.8 Å². The SMILES string of the molecule is Cc1cccc(C=NNc2cc(N3CCOCC3)cc(OCCN3CCN(C)C3=S)n2)c1. The van der Waals surface area contributed by atoms with Crippen LogP contribution in [0.5, 0.6) is 5.88 Å². The molecule has 2 fully saturated rings. The number of hydrogen-bond acceptors (Lipinski definition) is 7. The minimum Gasteiger partial charge on any atom is -0.476 e. The van der Waals surface area contributed by atoms with Gasteiger partial charge in [0.2, 0.25) is 5.88 Å². The Morgan fingerprint density at radius 3 is 2.78 bits per heavy atom. The van der Waals surface area contributed by atoms with Crippen LogP contribution in [0.1, 0.15) is 11.1 Å². The second-order valence-corrected chi connectivity index (χ2v) is 8.34. The number of pyridine rings is 1. The Hall–Kier alpha value is -2.91. The van der Waals surface area contributed by atoms with E-state index in [1.165, 1.54) is 5.56 Å². The van der Waals surface area contributed by atoms with Crippen molar-refractivity contribution >= 4 is 35.1 Å². The molecule has 0 amide bonds. The third-order valence-corrected chi connectivity index (χ3v) is 6.08. The van der Waals surface area contributed by atoms with E-state index >= 15 is 0 Å². The van der Waals surface area contributed by atoms with Crippen LogP contribution in [0.2, 0.25) is 0 Å². The lowest BCUT2D eigenvalue weighted by Gasteiger charge is -2.29. The zero-order valence-electron chi connectivity index (χ0n) is 18.7. The molecule has 4 rings (SSSR count). The molecule has 2 aromatic rings. The average Bonchev–Trinajstić information content (AvgIpc) is 3.12. The molecule has 1 aromatic heterocycles. The van der Waals surface area contributed by atoms with Gasteiger partial charge in [0, 0.05) is 51.0 Å². The predicted octanol–water partition coefficient (Wildman–Crippen LogP) is 2.58. The van der Waals surface area contributed by atoms with Crippen LogP contribution >= 0.6 is 12.2 Å². The number of rotatable bonds is 8. The maximum atomic E-state index is 6.02. The van der Waals surface area contributed by atoms with Crippen LogP contribution in [0.3, 0.4) is 0 Å². The largest absolute Gasteiger partial charge is 0.476 e. The van der Waals surface area contributed by atoms with Gasteiger partial charge < -0.3 is 24.2 Å². The summed E-state index contributed by atoms with van der Waals surface area (Å²) in [6.07, 6.45) is 1.79. The maximum Gasteiger partial charge on any atom is 0.217 e. The quantitative estimate of drug-likeness (QED) is 0.371. The number of benzene rings is 1.